The Morgan fingerprint density at radius 3 is 2.45 bits per heavy atom. The zero-order chi connectivity index (χ0) is 8.48. The van der Waals surface area contributed by atoms with Gasteiger partial charge in [-0.1, -0.05) is 13.0 Å². The molecule has 2 atom stereocenters. The molecule has 2 nitrogen and oxygen atoms in total. The SMILES string of the molecule is C=C[C@H]1OC(C)(C)O[C@@H]1CC. The lowest BCUT2D eigenvalue weighted by molar-refractivity contribution is -0.143. The average Bonchev–Trinajstić information content (AvgIpc) is 2.25. The zero-order valence-corrected chi connectivity index (χ0v) is 7.46. The Bertz CT molecular complexity index is 152. The molecule has 0 aliphatic carbocycles. The first-order chi connectivity index (χ1) is 5.09. The highest BCUT2D eigenvalue weighted by Crippen LogP contribution is 2.29. The Morgan fingerprint density at radius 2 is 2.09 bits per heavy atom. The fourth-order valence-electron chi connectivity index (χ4n) is 1.38. The molecule has 0 aromatic rings. The molecule has 1 fully saturated rings. The highest BCUT2D eigenvalue weighted by molar-refractivity contribution is 4.92. The van der Waals surface area contributed by atoms with Crippen LogP contribution in [0.15, 0.2) is 12.7 Å². The van der Waals surface area contributed by atoms with Crippen LogP contribution in [0.3, 0.4) is 0 Å². The standard InChI is InChI=1S/C9H16O2/c1-5-7-8(6-2)11-9(3,4)10-7/h5,7-8H,1,6H2,2-4H3/t7-,8-/m1/s1. The molecule has 0 radical (unpaired) electrons. The van der Waals surface area contributed by atoms with E-state index < -0.39 is 5.79 Å². The summed E-state index contributed by atoms with van der Waals surface area (Å²) in [6, 6.07) is 0. The van der Waals surface area contributed by atoms with Crippen molar-refractivity contribution in [2.75, 3.05) is 0 Å². The molecule has 1 aliphatic rings. The van der Waals surface area contributed by atoms with Crippen LogP contribution >= 0.6 is 0 Å². The molecular weight excluding hydrogens is 140 g/mol. The molecule has 0 unspecified atom stereocenters. The molecular formula is C9H16O2. The lowest BCUT2D eigenvalue weighted by Crippen LogP contribution is -2.21. The molecule has 0 bridgehead atoms. The topological polar surface area (TPSA) is 18.5 Å². The third-order valence-electron chi connectivity index (χ3n) is 1.86. The molecule has 0 aromatic heterocycles. The van der Waals surface area contributed by atoms with Crippen LogP contribution in [-0.4, -0.2) is 18.0 Å². The Hall–Kier alpha value is -0.340. The van der Waals surface area contributed by atoms with E-state index in [1.54, 1.807) is 0 Å². The van der Waals surface area contributed by atoms with Gasteiger partial charge in [0.25, 0.3) is 0 Å². The van der Waals surface area contributed by atoms with Crippen molar-refractivity contribution in [3.05, 3.63) is 12.7 Å². The normalized spacial score (nSPS) is 35.5. The number of ether oxygens (including phenoxy) is 2. The molecule has 0 saturated carbocycles. The van der Waals surface area contributed by atoms with Crippen LogP contribution in [0.4, 0.5) is 0 Å². The van der Waals surface area contributed by atoms with Crippen LogP contribution in [0, 0.1) is 0 Å². The van der Waals surface area contributed by atoms with Gasteiger partial charge in [-0.25, -0.2) is 0 Å². The number of rotatable bonds is 2. The first kappa shape index (κ1) is 8.75. The predicted octanol–water partition coefficient (Wildman–Crippen LogP) is 2.10. The zero-order valence-electron chi connectivity index (χ0n) is 7.46. The lowest BCUT2D eigenvalue weighted by atomic mass is 10.1. The van der Waals surface area contributed by atoms with E-state index in [0.29, 0.717) is 0 Å². The van der Waals surface area contributed by atoms with Gasteiger partial charge in [-0.15, -0.1) is 6.58 Å². The summed E-state index contributed by atoms with van der Waals surface area (Å²) in [5, 5.41) is 0. The average molecular weight is 156 g/mol. The molecule has 0 amide bonds. The van der Waals surface area contributed by atoms with Crippen molar-refractivity contribution >= 4 is 0 Å². The molecule has 1 rings (SSSR count). The lowest BCUT2D eigenvalue weighted by Gasteiger charge is -2.16. The van der Waals surface area contributed by atoms with Crippen LogP contribution in [0.5, 0.6) is 0 Å². The van der Waals surface area contributed by atoms with Crippen LogP contribution in [0.1, 0.15) is 27.2 Å². The van der Waals surface area contributed by atoms with E-state index in [-0.39, 0.29) is 12.2 Å². The smallest absolute Gasteiger partial charge is 0.164 e. The van der Waals surface area contributed by atoms with Crippen LogP contribution < -0.4 is 0 Å². The molecule has 64 valence electrons. The van der Waals surface area contributed by atoms with E-state index in [1.807, 2.05) is 19.9 Å². The largest absolute Gasteiger partial charge is 0.344 e. The van der Waals surface area contributed by atoms with E-state index in [9.17, 15) is 0 Å². The molecule has 0 N–H and O–H groups in total. The second-order valence-corrected chi connectivity index (χ2v) is 3.28. The minimum absolute atomic E-state index is 0.0648. The minimum Gasteiger partial charge on any atom is -0.344 e. The molecule has 1 aliphatic heterocycles. The quantitative estimate of drug-likeness (QED) is 0.570. The first-order valence-electron chi connectivity index (χ1n) is 4.07. The first-order valence-corrected chi connectivity index (χ1v) is 4.07. The van der Waals surface area contributed by atoms with Crippen molar-refractivity contribution in [3.63, 3.8) is 0 Å². The fourth-order valence-corrected chi connectivity index (χ4v) is 1.38. The van der Waals surface area contributed by atoms with Gasteiger partial charge in [0, 0.05) is 0 Å². The van der Waals surface area contributed by atoms with E-state index in [1.165, 1.54) is 0 Å². The molecule has 1 heterocycles. The van der Waals surface area contributed by atoms with Crippen molar-refractivity contribution in [2.45, 2.75) is 45.2 Å². The van der Waals surface area contributed by atoms with E-state index >= 15 is 0 Å². The van der Waals surface area contributed by atoms with Crippen LogP contribution in [0.2, 0.25) is 0 Å². The number of hydrogen-bond acceptors (Lipinski definition) is 2. The van der Waals surface area contributed by atoms with Gasteiger partial charge in [0.05, 0.1) is 6.10 Å². The number of hydrogen-bond donors (Lipinski definition) is 0. The maximum absolute atomic E-state index is 5.61. The molecule has 1 saturated heterocycles. The van der Waals surface area contributed by atoms with Gasteiger partial charge in [-0.2, -0.15) is 0 Å². The second-order valence-electron chi connectivity index (χ2n) is 3.28. The maximum Gasteiger partial charge on any atom is 0.164 e. The Kier molecular flexibility index (Phi) is 2.35. The summed E-state index contributed by atoms with van der Waals surface area (Å²) in [5.74, 6) is -0.431. The summed E-state index contributed by atoms with van der Waals surface area (Å²) in [4.78, 5) is 0. The van der Waals surface area contributed by atoms with Crippen molar-refractivity contribution in [1.82, 2.24) is 0 Å². The van der Waals surface area contributed by atoms with Crippen LogP contribution in [0.25, 0.3) is 0 Å². The Labute approximate surface area is 68.2 Å². The summed E-state index contributed by atoms with van der Waals surface area (Å²) in [7, 11) is 0. The van der Waals surface area contributed by atoms with E-state index in [4.69, 9.17) is 9.47 Å². The van der Waals surface area contributed by atoms with Gasteiger partial charge >= 0.3 is 0 Å². The van der Waals surface area contributed by atoms with Gasteiger partial charge < -0.3 is 9.47 Å². The summed E-state index contributed by atoms with van der Waals surface area (Å²) in [6.07, 6.45) is 3.03. The molecule has 2 heteroatoms. The second kappa shape index (κ2) is 2.95. The van der Waals surface area contributed by atoms with Gasteiger partial charge in [0.15, 0.2) is 5.79 Å². The third kappa shape index (κ3) is 1.82. The third-order valence-corrected chi connectivity index (χ3v) is 1.86. The summed E-state index contributed by atoms with van der Waals surface area (Å²) in [6.45, 7) is 9.65. The predicted molar refractivity (Wildman–Crippen MR) is 44.3 cm³/mol. The fraction of sp³-hybridized carbons (Fsp3) is 0.778. The van der Waals surface area contributed by atoms with E-state index in [2.05, 4.69) is 13.5 Å². The highest BCUT2D eigenvalue weighted by atomic mass is 16.7. The molecule has 0 aromatic carbocycles. The molecule has 0 spiro atoms. The summed E-state index contributed by atoms with van der Waals surface area (Å²) in [5.41, 5.74) is 0. The summed E-state index contributed by atoms with van der Waals surface area (Å²) < 4.78 is 11.2. The summed E-state index contributed by atoms with van der Waals surface area (Å²) >= 11 is 0. The van der Waals surface area contributed by atoms with Crippen molar-refractivity contribution in [1.29, 1.82) is 0 Å². The monoisotopic (exact) mass is 156 g/mol. The highest BCUT2D eigenvalue weighted by Gasteiger charge is 2.38. The Morgan fingerprint density at radius 1 is 1.45 bits per heavy atom. The maximum atomic E-state index is 5.61. The molecule has 11 heavy (non-hydrogen) atoms. The van der Waals surface area contributed by atoms with Gasteiger partial charge in [0.2, 0.25) is 0 Å². The van der Waals surface area contributed by atoms with Crippen molar-refractivity contribution < 1.29 is 9.47 Å². The van der Waals surface area contributed by atoms with Gasteiger partial charge in [0.1, 0.15) is 6.10 Å². The van der Waals surface area contributed by atoms with Crippen molar-refractivity contribution in [3.8, 4) is 0 Å². The Balaban J connectivity index is 2.62. The van der Waals surface area contributed by atoms with E-state index in [0.717, 1.165) is 6.42 Å². The minimum atomic E-state index is -0.431. The van der Waals surface area contributed by atoms with Crippen LogP contribution in [-0.2, 0) is 9.47 Å². The van der Waals surface area contributed by atoms with Gasteiger partial charge in [-0.3, -0.25) is 0 Å². The van der Waals surface area contributed by atoms with Crippen molar-refractivity contribution in [2.24, 2.45) is 0 Å². The van der Waals surface area contributed by atoms with Gasteiger partial charge in [-0.05, 0) is 20.3 Å².